The first-order valence-corrected chi connectivity index (χ1v) is 6.67. The molecular formula is C16H17NO3. The maximum absolute atomic E-state index is 11.7. The lowest BCUT2D eigenvalue weighted by molar-refractivity contribution is -0.144. The Bertz CT molecular complexity index is 678. The highest BCUT2D eigenvalue weighted by Crippen LogP contribution is 2.46. The van der Waals surface area contributed by atoms with Crippen LogP contribution in [0.1, 0.15) is 18.4 Å². The molecular weight excluding hydrogens is 254 g/mol. The van der Waals surface area contributed by atoms with Gasteiger partial charge in [0.2, 0.25) is 0 Å². The first-order chi connectivity index (χ1) is 9.59. The van der Waals surface area contributed by atoms with Gasteiger partial charge in [-0.05, 0) is 35.8 Å². The third-order valence-electron chi connectivity index (χ3n) is 4.12. The van der Waals surface area contributed by atoms with E-state index in [4.69, 9.17) is 10.5 Å². The maximum Gasteiger partial charge on any atom is 0.328 e. The topological polar surface area (TPSA) is 72.5 Å². The molecule has 2 aromatic carbocycles. The molecule has 1 fully saturated rings. The number of benzene rings is 2. The van der Waals surface area contributed by atoms with Gasteiger partial charge in [-0.1, -0.05) is 30.3 Å². The Morgan fingerprint density at radius 2 is 1.90 bits per heavy atom. The van der Waals surface area contributed by atoms with Gasteiger partial charge in [0.25, 0.3) is 0 Å². The SMILES string of the molecule is COc1ccc(C(N)(C(=O)O)C2CC2)c2ccccc12. The van der Waals surface area contributed by atoms with Crippen LogP contribution in [0.5, 0.6) is 5.75 Å². The second kappa shape index (κ2) is 4.49. The van der Waals surface area contributed by atoms with E-state index >= 15 is 0 Å². The summed E-state index contributed by atoms with van der Waals surface area (Å²) in [6.07, 6.45) is 1.73. The number of nitrogens with two attached hydrogens (primary N) is 1. The zero-order chi connectivity index (χ0) is 14.3. The van der Waals surface area contributed by atoms with Gasteiger partial charge in [0.1, 0.15) is 11.3 Å². The highest BCUT2D eigenvalue weighted by atomic mass is 16.5. The average Bonchev–Trinajstić information content (AvgIpc) is 3.30. The summed E-state index contributed by atoms with van der Waals surface area (Å²) in [4.78, 5) is 11.7. The molecule has 1 aliphatic rings. The van der Waals surface area contributed by atoms with Crippen LogP contribution in [0, 0.1) is 5.92 Å². The van der Waals surface area contributed by atoms with Gasteiger partial charge in [0.15, 0.2) is 0 Å². The van der Waals surface area contributed by atoms with Crippen LogP contribution in [0.4, 0.5) is 0 Å². The van der Waals surface area contributed by atoms with Crippen LogP contribution in [-0.2, 0) is 10.3 Å². The first kappa shape index (κ1) is 12.9. The molecule has 1 atom stereocenters. The summed E-state index contributed by atoms with van der Waals surface area (Å²) in [5.74, 6) is -0.222. The number of carboxylic acids is 1. The van der Waals surface area contributed by atoms with Crippen LogP contribution in [0.25, 0.3) is 10.8 Å². The van der Waals surface area contributed by atoms with Gasteiger partial charge < -0.3 is 15.6 Å². The highest BCUT2D eigenvalue weighted by Gasteiger charge is 2.50. The number of fused-ring (bicyclic) bond motifs is 1. The van der Waals surface area contributed by atoms with Crippen LogP contribution >= 0.6 is 0 Å². The van der Waals surface area contributed by atoms with Crippen LogP contribution in [0.3, 0.4) is 0 Å². The first-order valence-electron chi connectivity index (χ1n) is 6.67. The quantitative estimate of drug-likeness (QED) is 0.896. The largest absolute Gasteiger partial charge is 0.496 e. The number of hydrogen-bond acceptors (Lipinski definition) is 3. The van der Waals surface area contributed by atoms with Gasteiger partial charge in [0.05, 0.1) is 7.11 Å². The van der Waals surface area contributed by atoms with Crippen LogP contribution in [-0.4, -0.2) is 18.2 Å². The molecule has 0 bridgehead atoms. The van der Waals surface area contributed by atoms with Crippen molar-refractivity contribution in [3.05, 3.63) is 42.0 Å². The van der Waals surface area contributed by atoms with E-state index < -0.39 is 11.5 Å². The predicted molar refractivity (Wildman–Crippen MR) is 76.7 cm³/mol. The molecule has 104 valence electrons. The van der Waals surface area contributed by atoms with Gasteiger partial charge in [0, 0.05) is 5.39 Å². The molecule has 3 rings (SSSR count). The molecule has 2 aromatic rings. The summed E-state index contributed by atoms with van der Waals surface area (Å²) in [5, 5.41) is 11.4. The van der Waals surface area contributed by atoms with E-state index in [1.54, 1.807) is 19.2 Å². The molecule has 1 unspecified atom stereocenters. The maximum atomic E-state index is 11.7. The van der Waals surface area contributed by atoms with Gasteiger partial charge >= 0.3 is 5.97 Å². The monoisotopic (exact) mass is 271 g/mol. The van der Waals surface area contributed by atoms with E-state index in [0.29, 0.717) is 5.56 Å². The lowest BCUT2D eigenvalue weighted by atomic mass is 9.83. The second-order valence-electron chi connectivity index (χ2n) is 5.31. The van der Waals surface area contributed by atoms with Crippen molar-refractivity contribution in [2.45, 2.75) is 18.4 Å². The molecule has 0 amide bonds. The van der Waals surface area contributed by atoms with Gasteiger partial charge in [-0.3, -0.25) is 0 Å². The summed E-state index contributed by atoms with van der Waals surface area (Å²) in [5.41, 5.74) is 5.64. The third-order valence-corrected chi connectivity index (χ3v) is 4.12. The molecule has 0 radical (unpaired) electrons. The van der Waals surface area contributed by atoms with Crippen molar-refractivity contribution in [2.24, 2.45) is 11.7 Å². The molecule has 1 aliphatic carbocycles. The number of methoxy groups -OCH3 is 1. The van der Waals surface area contributed by atoms with Gasteiger partial charge in [-0.25, -0.2) is 4.79 Å². The highest BCUT2D eigenvalue weighted by molar-refractivity contribution is 5.96. The van der Waals surface area contributed by atoms with Crippen LogP contribution < -0.4 is 10.5 Å². The van der Waals surface area contributed by atoms with Crippen molar-refractivity contribution in [2.75, 3.05) is 7.11 Å². The summed E-state index contributed by atoms with van der Waals surface area (Å²) >= 11 is 0. The smallest absolute Gasteiger partial charge is 0.328 e. The summed E-state index contributed by atoms with van der Waals surface area (Å²) in [7, 11) is 1.61. The molecule has 0 saturated heterocycles. The summed E-state index contributed by atoms with van der Waals surface area (Å²) in [6.45, 7) is 0. The number of ether oxygens (including phenoxy) is 1. The van der Waals surface area contributed by atoms with Crippen molar-refractivity contribution in [1.82, 2.24) is 0 Å². The van der Waals surface area contributed by atoms with E-state index in [2.05, 4.69) is 0 Å². The van der Waals surface area contributed by atoms with Crippen molar-refractivity contribution in [3.63, 3.8) is 0 Å². The molecule has 20 heavy (non-hydrogen) atoms. The number of rotatable bonds is 4. The molecule has 0 spiro atoms. The fourth-order valence-electron chi connectivity index (χ4n) is 2.86. The second-order valence-corrected chi connectivity index (χ2v) is 5.31. The van der Waals surface area contributed by atoms with Crippen molar-refractivity contribution in [1.29, 1.82) is 0 Å². The van der Waals surface area contributed by atoms with E-state index in [-0.39, 0.29) is 5.92 Å². The Labute approximate surface area is 117 Å². The van der Waals surface area contributed by atoms with E-state index in [0.717, 1.165) is 29.4 Å². The van der Waals surface area contributed by atoms with Gasteiger partial charge in [-0.2, -0.15) is 0 Å². The lowest BCUT2D eigenvalue weighted by Crippen LogP contribution is -2.47. The van der Waals surface area contributed by atoms with Crippen LogP contribution in [0.2, 0.25) is 0 Å². The zero-order valence-electron chi connectivity index (χ0n) is 11.3. The molecule has 4 heteroatoms. The minimum absolute atomic E-state index is 0.0109. The van der Waals surface area contributed by atoms with Crippen molar-refractivity contribution in [3.8, 4) is 5.75 Å². The van der Waals surface area contributed by atoms with Gasteiger partial charge in [-0.15, -0.1) is 0 Å². The average molecular weight is 271 g/mol. The lowest BCUT2D eigenvalue weighted by Gasteiger charge is -2.27. The number of carbonyl (C=O) groups is 1. The number of carboxylic acid groups (broad SMARTS) is 1. The molecule has 0 heterocycles. The minimum Gasteiger partial charge on any atom is -0.496 e. The summed E-state index contributed by atoms with van der Waals surface area (Å²) < 4.78 is 5.34. The molecule has 0 aromatic heterocycles. The normalized spacial score (nSPS) is 17.7. The molecule has 3 N–H and O–H groups in total. The van der Waals surface area contributed by atoms with Crippen LogP contribution in [0.15, 0.2) is 36.4 Å². The fraction of sp³-hybridized carbons (Fsp3) is 0.312. The minimum atomic E-state index is -1.31. The number of aliphatic carboxylic acids is 1. The summed E-state index contributed by atoms with van der Waals surface area (Å²) in [6, 6.07) is 11.2. The predicted octanol–water partition coefficient (Wildman–Crippen LogP) is 2.50. The van der Waals surface area contributed by atoms with E-state index in [9.17, 15) is 9.90 Å². The molecule has 0 aliphatic heterocycles. The third kappa shape index (κ3) is 1.76. The fourth-order valence-corrected chi connectivity index (χ4v) is 2.86. The van der Waals surface area contributed by atoms with Crippen molar-refractivity contribution < 1.29 is 14.6 Å². The number of hydrogen-bond donors (Lipinski definition) is 2. The van der Waals surface area contributed by atoms with Crippen molar-refractivity contribution >= 4 is 16.7 Å². The standard InChI is InChI=1S/C16H17NO3/c1-20-14-9-8-13(11-4-2-3-5-12(11)14)16(17,15(18)19)10-6-7-10/h2-5,8-10H,6-7,17H2,1H3,(H,18,19). The molecule has 4 nitrogen and oxygen atoms in total. The van der Waals surface area contributed by atoms with E-state index in [1.165, 1.54) is 0 Å². The zero-order valence-corrected chi connectivity index (χ0v) is 11.3. The Balaban J connectivity index is 2.29. The Morgan fingerprint density at radius 3 is 2.45 bits per heavy atom. The Kier molecular flexibility index (Phi) is 2.91. The Hall–Kier alpha value is -2.07. The van der Waals surface area contributed by atoms with E-state index in [1.807, 2.05) is 24.3 Å². The molecule has 1 saturated carbocycles. The Morgan fingerprint density at radius 1 is 1.25 bits per heavy atom.